The Labute approximate surface area is 180 Å². The molecule has 0 spiro atoms. The highest BCUT2D eigenvalue weighted by molar-refractivity contribution is 5.88. The lowest BCUT2D eigenvalue weighted by atomic mass is 10.1. The van der Waals surface area contributed by atoms with Gasteiger partial charge in [0.15, 0.2) is 6.61 Å². The maximum Gasteiger partial charge on any atom is 0.261 e. The highest BCUT2D eigenvalue weighted by atomic mass is 16.5. The van der Waals surface area contributed by atoms with Crippen molar-refractivity contribution in [2.24, 2.45) is 0 Å². The molecule has 0 radical (unpaired) electrons. The minimum Gasteiger partial charge on any atom is -0.483 e. The first-order valence-corrected chi connectivity index (χ1v) is 10.7. The molecule has 0 aliphatic carbocycles. The van der Waals surface area contributed by atoms with Crippen LogP contribution >= 0.6 is 0 Å². The highest BCUT2D eigenvalue weighted by Gasteiger charge is 2.29. The van der Waals surface area contributed by atoms with Gasteiger partial charge >= 0.3 is 0 Å². The van der Waals surface area contributed by atoms with Crippen molar-refractivity contribution in [2.75, 3.05) is 6.61 Å². The molecule has 0 aliphatic heterocycles. The Kier molecular flexibility index (Phi) is 8.90. The van der Waals surface area contributed by atoms with E-state index in [1.165, 1.54) is 0 Å². The monoisotopic (exact) mass is 410 g/mol. The molecule has 5 nitrogen and oxygen atoms in total. The SMILES string of the molecule is CC[C@H](C)NC(=O)[C@H](CC)N(Cc1ccccc1)C(=O)COc1ccc(C)cc1C. The third-order valence-electron chi connectivity index (χ3n) is 5.26. The van der Waals surface area contributed by atoms with Crippen LogP contribution in [0.2, 0.25) is 0 Å². The van der Waals surface area contributed by atoms with Gasteiger partial charge in [-0.2, -0.15) is 0 Å². The summed E-state index contributed by atoms with van der Waals surface area (Å²) in [5.41, 5.74) is 3.11. The Morgan fingerprint density at radius 1 is 1.03 bits per heavy atom. The Morgan fingerprint density at radius 3 is 2.33 bits per heavy atom. The number of rotatable bonds is 10. The number of ether oxygens (including phenoxy) is 1. The van der Waals surface area contributed by atoms with Crippen molar-refractivity contribution in [1.29, 1.82) is 0 Å². The van der Waals surface area contributed by atoms with E-state index in [0.717, 1.165) is 23.1 Å². The van der Waals surface area contributed by atoms with E-state index >= 15 is 0 Å². The van der Waals surface area contributed by atoms with Gasteiger partial charge in [-0.05, 0) is 50.8 Å². The van der Waals surface area contributed by atoms with Crippen LogP contribution in [-0.4, -0.2) is 35.4 Å². The highest BCUT2D eigenvalue weighted by Crippen LogP contribution is 2.19. The Balaban J connectivity index is 2.20. The standard InChI is InChI=1S/C25H34N2O3/c1-6-20(5)26-25(29)22(7-2)27(16-21-11-9-8-10-12-21)24(28)17-30-23-14-13-18(3)15-19(23)4/h8-15,20,22H,6-7,16-17H2,1-5H3,(H,26,29)/t20-,22-/m0/s1. The van der Waals surface area contributed by atoms with Crippen LogP contribution < -0.4 is 10.1 Å². The average molecular weight is 411 g/mol. The van der Waals surface area contributed by atoms with Crippen molar-refractivity contribution in [3.05, 3.63) is 65.2 Å². The molecule has 5 heteroatoms. The van der Waals surface area contributed by atoms with Gasteiger partial charge in [0.1, 0.15) is 11.8 Å². The van der Waals surface area contributed by atoms with E-state index in [-0.39, 0.29) is 24.5 Å². The molecule has 0 fully saturated rings. The molecule has 2 amide bonds. The van der Waals surface area contributed by atoms with Crippen molar-refractivity contribution < 1.29 is 14.3 Å². The lowest BCUT2D eigenvalue weighted by Crippen LogP contribution is -2.51. The fourth-order valence-electron chi connectivity index (χ4n) is 3.32. The van der Waals surface area contributed by atoms with Crippen LogP contribution in [0.4, 0.5) is 0 Å². The van der Waals surface area contributed by atoms with Gasteiger partial charge in [0, 0.05) is 12.6 Å². The number of aryl methyl sites for hydroxylation is 2. The van der Waals surface area contributed by atoms with Crippen molar-refractivity contribution in [1.82, 2.24) is 10.2 Å². The van der Waals surface area contributed by atoms with Crippen LogP contribution in [0.3, 0.4) is 0 Å². The fourth-order valence-corrected chi connectivity index (χ4v) is 3.32. The largest absolute Gasteiger partial charge is 0.483 e. The maximum atomic E-state index is 13.2. The van der Waals surface area contributed by atoms with Gasteiger partial charge in [0.2, 0.25) is 5.91 Å². The van der Waals surface area contributed by atoms with E-state index in [1.807, 2.05) is 83.1 Å². The molecule has 30 heavy (non-hydrogen) atoms. The summed E-state index contributed by atoms with van der Waals surface area (Å²) in [5.74, 6) is 0.360. The van der Waals surface area contributed by atoms with Crippen LogP contribution in [0.5, 0.6) is 5.75 Å². The first-order valence-electron chi connectivity index (χ1n) is 10.7. The van der Waals surface area contributed by atoms with Crippen LogP contribution in [0.25, 0.3) is 0 Å². The van der Waals surface area contributed by atoms with Crippen molar-refractivity contribution in [2.45, 2.75) is 66.1 Å². The van der Waals surface area contributed by atoms with Crippen molar-refractivity contribution >= 4 is 11.8 Å². The summed E-state index contributed by atoms with van der Waals surface area (Å²) >= 11 is 0. The summed E-state index contributed by atoms with van der Waals surface area (Å²) in [6.07, 6.45) is 1.37. The van der Waals surface area contributed by atoms with Crippen LogP contribution in [0.15, 0.2) is 48.5 Å². The number of carbonyl (C=O) groups excluding carboxylic acids is 2. The van der Waals surface area contributed by atoms with E-state index in [1.54, 1.807) is 4.90 Å². The molecule has 162 valence electrons. The van der Waals surface area contributed by atoms with Crippen LogP contribution in [-0.2, 0) is 16.1 Å². The molecule has 2 atom stereocenters. The molecule has 0 saturated heterocycles. The zero-order valence-corrected chi connectivity index (χ0v) is 18.8. The summed E-state index contributed by atoms with van der Waals surface area (Å²) in [4.78, 5) is 27.7. The number of nitrogens with zero attached hydrogens (tertiary/aromatic N) is 1. The Morgan fingerprint density at radius 2 is 1.73 bits per heavy atom. The smallest absolute Gasteiger partial charge is 0.261 e. The number of nitrogens with one attached hydrogen (secondary N) is 1. The normalized spacial score (nSPS) is 12.7. The summed E-state index contributed by atoms with van der Waals surface area (Å²) in [6.45, 7) is 10.2. The Bertz CT molecular complexity index is 836. The number of hydrogen-bond donors (Lipinski definition) is 1. The molecular weight excluding hydrogens is 376 g/mol. The molecule has 0 aromatic heterocycles. The molecule has 2 aromatic rings. The lowest BCUT2D eigenvalue weighted by molar-refractivity contribution is -0.143. The van der Waals surface area contributed by atoms with E-state index < -0.39 is 6.04 Å². The molecule has 0 heterocycles. The van der Waals surface area contributed by atoms with Gasteiger partial charge in [0.25, 0.3) is 5.91 Å². The first-order chi connectivity index (χ1) is 14.3. The number of hydrogen-bond acceptors (Lipinski definition) is 3. The van der Waals surface area contributed by atoms with Crippen LogP contribution in [0.1, 0.15) is 50.3 Å². The predicted octanol–water partition coefficient (Wildman–Crippen LogP) is 4.40. The fraction of sp³-hybridized carbons (Fsp3) is 0.440. The lowest BCUT2D eigenvalue weighted by Gasteiger charge is -2.31. The van der Waals surface area contributed by atoms with Crippen molar-refractivity contribution in [3.63, 3.8) is 0 Å². The van der Waals surface area contributed by atoms with Gasteiger partial charge in [-0.15, -0.1) is 0 Å². The molecule has 0 bridgehead atoms. The predicted molar refractivity (Wildman–Crippen MR) is 120 cm³/mol. The summed E-state index contributed by atoms with van der Waals surface area (Å²) in [6, 6.07) is 15.1. The summed E-state index contributed by atoms with van der Waals surface area (Å²) in [5, 5.41) is 3.02. The quantitative estimate of drug-likeness (QED) is 0.631. The molecule has 0 unspecified atom stereocenters. The van der Waals surface area contributed by atoms with E-state index in [2.05, 4.69) is 5.32 Å². The third kappa shape index (κ3) is 6.61. The number of benzene rings is 2. The van der Waals surface area contributed by atoms with Gasteiger partial charge in [-0.25, -0.2) is 0 Å². The second-order valence-electron chi connectivity index (χ2n) is 7.81. The van der Waals surface area contributed by atoms with Gasteiger partial charge < -0.3 is 15.0 Å². The minimum atomic E-state index is -0.547. The minimum absolute atomic E-state index is 0.0617. The zero-order chi connectivity index (χ0) is 22.1. The van der Waals surface area contributed by atoms with Crippen LogP contribution in [0, 0.1) is 13.8 Å². The van der Waals surface area contributed by atoms with Gasteiger partial charge in [0.05, 0.1) is 0 Å². The third-order valence-corrected chi connectivity index (χ3v) is 5.26. The molecule has 1 N–H and O–H groups in total. The second-order valence-corrected chi connectivity index (χ2v) is 7.81. The van der Waals surface area contributed by atoms with E-state index in [9.17, 15) is 9.59 Å². The number of carbonyl (C=O) groups is 2. The van der Waals surface area contributed by atoms with Gasteiger partial charge in [-0.1, -0.05) is 61.9 Å². The van der Waals surface area contributed by atoms with E-state index in [4.69, 9.17) is 4.74 Å². The van der Waals surface area contributed by atoms with Gasteiger partial charge in [-0.3, -0.25) is 9.59 Å². The molecular formula is C25H34N2O3. The summed E-state index contributed by atoms with van der Waals surface area (Å²) < 4.78 is 5.83. The Hall–Kier alpha value is -2.82. The molecule has 0 saturated carbocycles. The second kappa shape index (κ2) is 11.4. The van der Waals surface area contributed by atoms with Crippen molar-refractivity contribution in [3.8, 4) is 5.75 Å². The van der Waals surface area contributed by atoms with E-state index in [0.29, 0.717) is 18.7 Å². The maximum absolute atomic E-state index is 13.2. The zero-order valence-electron chi connectivity index (χ0n) is 18.8. The molecule has 2 aromatic carbocycles. The first kappa shape index (κ1) is 23.5. The number of amides is 2. The average Bonchev–Trinajstić information content (AvgIpc) is 2.73. The molecule has 0 aliphatic rings. The summed E-state index contributed by atoms with van der Waals surface area (Å²) in [7, 11) is 0. The molecule has 2 rings (SSSR count). The topological polar surface area (TPSA) is 58.6 Å².